The molecule has 0 bridgehead atoms. The van der Waals surface area contributed by atoms with Crippen LogP contribution in [0.15, 0.2) is 36.5 Å². The molecule has 1 unspecified atom stereocenters. The Bertz CT molecular complexity index is 1080. The first kappa shape index (κ1) is 20.3. The van der Waals surface area contributed by atoms with Crippen molar-refractivity contribution in [2.75, 3.05) is 19.7 Å². The smallest absolute Gasteiger partial charge is 0.410 e. The molecule has 4 rings (SSSR count). The number of fused-ring (bicyclic) bond motifs is 1. The van der Waals surface area contributed by atoms with Gasteiger partial charge in [0.1, 0.15) is 17.4 Å². The number of aryl methyl sites for hydroxylation is 2. The monoisotopic (exact) mass is 408 g/mol. The van der Waals surface area contributed by atoms with Gasteiger partial charge in [0.25, 0.3) is 0 Å². The molecule has 0 radical (unpaired) electrons. The number of hydrogen-bond acceptors (Lipinski definition) is 5. The van der Waals surface area contributed by atoms with Crippen LogP contribution in [0.2, 0.25) is 0 Å². The van der Waals surface area contributed by atoms with E-state index in [0.717, 1.165) is 28.4 Å². The van der Waals surface area contributed by atoms with Crippen molar-refractivity contribution in [1.29, 1.82) is 0 Å². The maximum Gasteiger partial charge on any atom is 0.410 e. The lowest BCUT2D eigenvalue weighted by Gasteiger charge is -2.34. The van der Waals surface area contributed by atoms with Gasteiger partial charge in [-0.1, -0.05) is 6.07 Å². The molecule has 3 aromatic rings. The maximum atomic E-state index is 12.5. The van der Waals surface area contributed by atoms with Crippen LogP contribution in [0.4, 0.5) is 4.79 Å². The number of imidazole rings is 1. The summed E-state index contributed by atoms with van der Waals surface area (Å²) in [6.45, 7) is 11.1. The van der Waals surface area contributed by atoms with Crippen molar-refractivity contribution in [1.82, 2.24) is 19.3 Å². The van der Waals surface area contributed by atoms with Gasteiger partial charge in [0.2, 0.25) is 0 Å². The Morgan fingerprint density at radius 3 is 2.80 bits per heavy atom. The second kappa shape index (κ2) is 7.72. The Kier molecular flexibility index (Phi) is 5.24. The number of carbonyl (C=O) groups excluding carboxylic acids is 1. The van der Waals surface area contributed by atoms with Gasteiger partial charge in [0.15, 0.2) is 0 Å². The number of ether oxygens (including phenoxy) is 2. The zero-order chi connectivity index (χ0) is 21.5. The van der Waals surface area contributed by atoms with E-state index in [1.165, 1.54) is 5.56 Å². The summed E-state index contributed by atoms with van der Waals surface area (Å²) in [4.78, 5) is 23.6. The number of morpholine rings is 1. The highest BCUT2D eigenvalue weighted by Gasteiger charge is 2.29. The second-order valence-corrected chi connectivity index (χ2v) is 8.74. The van der Waals surface area contributed by atoms with Gasteiger partial charge in [-0.3, -0.25) is 4.40 Å². The molecular formula is C23H28N4O3. The van der Waals surface area contributed by atoms with Gasteiger partial charge in [0.05, 0.1) is 36.4 Å². The van der Waals surface area contributed by atoms with Crippen LogP contribution in [0.1, 0.15) is 43.8 Å². The maximum absolute atomic E-state index is 12.5. The fourth-order valence-electron chi connectivity index (χ4n) is 3.75. The summed E-state index contributed by atoms with van der Waals surface area (Å²) in [6.07, 6.45) is 1.23. The first-order valence-electron chi connectivity index (χ1n) is 10.2. The van der Waals surface area contributed by atoms with Crippen molar-refractivity contribution < 1.29 is 14.3 Å². The molecule has 7 heteroatoms. The van der Waals surface area contributed by atoms with E-state index in [-0.39, 0.29) is 12.2 Å². The number of rotatable bonds is 2. The molecule has 1 fully saturated rings. The summed E-state index contributed by atoms with van der Waals surface area (Å²) < 4.78 is 13.6. The first-order valence-corrected chi connectivity index (χ1v) is 10.2. The molecule has 1 aliphatic heterocycles. The van der Waals surface area contributed by atoms with Crippen LogP contribution in [0.25, 0.3) is 17.0 Å². The van der Waals surface area contributed by atoms with Crippen molar-refractivity contribution in [2.24, 2.45) is 0 Å². The Morgan fingerprint density at radius 1 is 1.23 bits per heavy atom. The van der Waals surface area contributed by atoms with Gasteiger partial charge in [-0.15, -0.1) is 0 Å². The molecule has 4 heterocycles. The predicted molar refractivity (Wildman–Crippen MR) is 114 cm³/mol. The second-order valence-electron chi connectivity index (χ2n) is 8.74. The van der Waals surface area contributed by atoms with Crippen LogP contribution in [0, 0.1) is 13.8 Å². The molecule has 1 aliphatic rings. The van der Waals surface area contributed by atoms with E-state index in [9.17, 15) is 4.79 Å². The summed E-state index contributed by atoms with van der Waals surface area (Å²) in [5, 5.41) is 0. The van der Waals surface area contributed by atoms with E-state index in [1.807, 2.05) is 45.2 Å². The summed E-state index contributed by atoms with van der Waals surface area (Å²) in [6, 6.07) is 10.1. The fraction of sp³-hybridized carbons (Fsp3) is 0.435. The fourth-order valence-corrected chi connectivity index (χ4v) is 3.75. The lowest BCUT2D eigenvalue weighted by molar-refractivity contribution is -0.0446. The van der Waals surface area contributed by atoms with Gasteiger partial charge in [-0.25, -0.2) is 14.8 Å². The molecule has 0 N–H and O–H groups in total. The predicted octanol–water partition coefficient (Wildman–Crippen LogP) is 4.32. The first-order chi connectivity index (χ1) is 14.2. The molecule has 30 heavy (non-hydrogen) atoms. The standard InChI is InChI=1S/C23H28N4O3/c1-15-11-16(2)27-19(13-24-21(27)12-15)17-7-6-8-18(25-17)20-14-26(9-10-29-20)22(28)30-23(3,4)5/h6-8,11-13,20H,9-10,14H2,1-5H3. The highest BCUT2D eigenvalue weighted by atomic mass is 16.6. The van der Waals surface area contributed by atoms with Crippen LogP contribution in [0.5, 0.6) is 0 Å². The molecule has 1 atom stereocenters. The summed E-state index contributed by atoms with van der Waals surface area (Å²) in [5.41, 5.74) is 5.21. The van der Waals surface area contributed by atoms with E-state index in [1.54, 1.807) is 4.90 Å². The lowest BCUT2D eigenvalue weighted by Crippen LogP contribution is -2.44. The number of carbonyl (C=O) groups is 1. The van der Waals surface area contributed by atoms with E-state index in [4.69, 9.17) is 14.5 Å². The van der Waals surface area contributed by atoms with E-state index < -0.39 is 5.60 Å². The van der Waals surface area contributed by atoms with E-state index >= 15 is 0 Å². The summed E-state index contributed by atoms with van der Waals surface area (Å²) in [7, 11) is 0. The third-order valence-electron chi connectivity index (χ3n) is 5.02. The molecule has 1 saturated heterocycles. The Hall–Kier alpha value is -2.93. The molecule has 0 spiro atoms. The summed E-state index contributed by atoms with van der Waals surface area (Å²) in [5.74, 6) is 0. The van der Waals surface area contributed by atoms with E-state index in [0.29, 0.717) is 19.7 Å². The van der Waals surface area contributed by atoms with Crippen molar-refractivity contribution >= 4 is 11.7 Å². The molecule has 1 amide bonds. The SMILES string of the molecule is Cc1cc(C)n2c(-c3cccc(C4CN(C(=O)OC(C)(C)C)CCO4)n3)cnc2c1. The Morgan fingerprint density at radius 2 is 2.03 bits per heavy atom. The molecular weight excluding hydrogens is 380 g/mol. The molecule has 0 saturated carbocycles. The average molecular weight is 409 g/mol. The van der Waals surface area contributed by atoms with Crippen LogP contribution >= 0.6 is 0 Å². The molecule has 7 nitrogen and oxygen atoms in total. The number of nitrogens with zero attached hydrogens (tertiary/aromatic N) is 4. The molecule has 0 aliphatic carbocycles. The van der Waals surface area contributed by atoms with Gasteiger partial charge in [0, 0.05) is 12.2 Å². The molecule has 0 aromatic carbocycles. The Labute approximate surface area is 176 Å². The number of aromatic nitrogens is 3. The minimum absolute atomic E-state index is 0.297. The molecule has 3 aromatic heterocycles. The van der Waals surface area contributed by atoms with Gasteiger partial charge in [-0.2, -0.15) is 0 Å². The minimum atomic E-state index is -0.525. The van der Waals surface area contributed by atoms with Gasteiger partial charge >= 0.3 is 6.09 Å². The van der Waals surface area contributed by atoms with Gasteiger partial charge in [-0.05, 0) is 64.4 Å². The topological polar surface area (TPSA) is 69.0 Å². The van der Waals surface area contributed by atoms with Crippen LogP contribution in [-0.4, -0.2) is 50.7 Å². The zero-order valence-corrected chi connectivity index (χ0v) is 18.2. The van der Waals surface area contributed by atoms with Gasteiger partial charge < -0.3 is 14.4 Å². The summed E-state index contributed by atoms with van der Waals surface area (Å²) >= 11 is 0. The average Bonchev–Trinajstić information content (AvgIpc) is 3.11. The normalized spacial score (nSPS) is 17.4. The zero-order valence-electron chi connectivity index (χ0n) is 18.2. The number of hydrogen-bond donors (Lipinski definition) is 0. The quantitative estimate of drug-likeness (QED) is 0.632. The Balaban J connectivity index is 1.60. The number of amides is 1. The highest BCUT2D eigenvalue weighted by Crippen LogP contribution is 2.26. The van der Waals surface area contributed by atoms with Crippen molar-refractivity contribution in [2.45, 2.75) is 46.3 Å². The van der Waals surface area contributed by atoms with Crippen molar-refractivity contribution in [3.8, 4) is 11.4 Å². The van der Waals surface area contributed by atoms with Crippen LogP contribution < -0.4 is 0 Å². The lowest BCUT2D eigenvalue weighted by atomic mass is 10.1. The number of pyridine rings is 2. The minimum Gasteiger partial charge on any atom is -0.444 e. The van der Waals surface area contributed by atoms with Crippen LogP contribution in [-0.2, 0) is 9.47 Å². The van der Waals surface area contributed by atoms with Crippen LogP contribution in [0.3, 0.4) is 0 Å². The highest BCUT2D eigenvalue weighted by molar-refractivity contribution is 5.68. The van der Waals surface area contributed by atoms with Crippen molar-refractivity contribution in [3.63, 3.8) is 0 Å². The molecule has 158 valence electrons. The largest absolute Gasteiger partial charge is 0.444 e. The van der Waals surface area contributed by atoms with E-state index in [2.05, 4.69) is 35.4 Å². The third kappa shape index (κ3) is 4.16. The third-order valence-corrected chi connectivity index (χ3v) is 5.02. The van der Waals surface area contributed by atoms with Crippen molar-refractivity contribution in [3.05, 3.63) is 53.5 Å².